The van der Waals surface area contributed by atoms with E-state index in [4.69, 9.17) is 13.9 Å². The number of ether oxygens (including phenoxy) is 2. The lowest BCUT2D eigenvalue weighted by Crippen LogP contribution is -2.11. The van der Waals surface area contributed by atoms with Crippen molar-refractivity contribution >= 4 is 17.2 Å². The Hall–Kier alpha value is -3.81. The van der Waals surface area contributed by atoms with Crippen LogP contribution < -0.4 is 14.8 Å². The molecular weight excluding hydrogens is 348 g/mol. The maximum absolute atomic E-state index is 12.3. The van der Waals surface area contributed by atoms with E-state index in [0.29, 0.717) is 28.7 Å². The van der Waals surface area contributed by atoms with Crippen LogP contribution in [0.3, 0.4) is 0 Å². The zero-order chi connectivity index (χ0) is 18.8. The average Bonchev–Trinajstić information content (AvgIpc) is 3.37. The lowest BCUT2D eigenvalue weighted by atomic mass is 10.1. The number of imidazole rings is 1. The first-order chi connectivity index (χ1) is 13.2. The Morgan fingerprint density at radius 2 is 2.04 bits per heavy atom. The molecule has 4 rings (SSSR count). The van der Waals surface area contributed by atoms with Gasteiger partial charge in [-0.05, 0) is 36.4 Å². The minimum absolute atomic E-state index is 0.214. The number of hydrogen-bond acceptors (Lipinski definition) is 6. The molecule has 0 unspecified atom stereocenters. The Balaban J connectivity index is 1.70. The summed E-state index contributed by atoms with van der Waals surface area (Å²) < 4.78 is 17.2. The largest absolute Gasteiger partial charge is 0.495 e. The zero-order valence-electron chi connectivity index (χ0n) is 14.7. The normalized spacial score (nSPS) is 10.7. The molecule has 3 aromatic heterocycles. The molecule has 0 spiro atoms. The van der Waals surface area contributed by atoms with Gasteiger partial charge in [0.05, 0.1) is 38.1 Å². The van der Waals surface area contributed by atoms with Gasteiger partial charge in [0.1, 0.15) is 5.75 Å². The van der Waals surface area contributed by atoms with Crippen molar-refractivity contribution in [1.82, 2.24) is 14.6 Å². The summed E-state index contributed by atoms with van der Waals surface area (Å²) in [5.41, 5.74) is 2.70. The number of carbonyl (C=O) groups excluding carboxylic acids is 1. The minimum atomic E-state index is -0.364. The Labute approximate surface area is 154 Å². The number of amides is 1. The molecule has 0 atom stereocenters. The summed E-state index contributed by atoms with van der Waals surface area (Å²) in [7, 11) is 3.10. The lowest BCUT2D eigenvalue weighted by Gasteiger charge is -2.10. The number of furan rings is 1. The average molecular weight is 364 g/mol. The van der Waals surface area contributed by atoms with Gasteiger partial charge in [0.15, 0.2) is 11.4 Å². The number of hydrogen-bond donors (Lipinski definition) is 1. The molecule has 136 valence electrons. The van der Waals surface area contributed by atoms with Crippen LogP contribution in [-0.4, -0.2) is 34.7 Å². The van der Waals surface area contributed by atoms with E-state index in [1.807, 2.05) is 12.1 Å². The SMILES string of the molecule is COc1ccc2nc(-c3ccc(OC)c(NC(=O)c4ccco4)c3)cn2n1. The van der Waals surface area contributed by atoms with E-state index in [2.05, 4.69) is 15.4 Å². The van der Waals surface area contributed by atoms with Gasteiger partial charge in [-0.2, -0.15) is 0 Å². The molecule has 0 aliphatic carbocycles. The van der Waals surface area contributed by atoms with Gasteiger partial charge in [-0.3, -0.25) is 4.79 Å². The maximum Gasteiger partial charge on any atom is 0.291 e. The van der Waals surface area contributed by atoms with Gasteiger partial charge >= 0.3 is 0 Å². The van der Waals surface area contributed by atoms with Crippen LogP contribution >= 0.6 is 0 Å². The molecule has 1 aromatic carbocycles. The summed E-state index contributed by atoms with van der Waals surface area (Å²) >= 11 is 0. The molecule has 0 saturated carbocycles. The number of rotatable bonds is 5. The number of anilines is 1. The van der Waals surface area contributed by atoms with Crippen LogP contribution in [0.5, 0.6) is 11.6 Å². The molecule has 0 saturated heterocycles. The van der Waals surface area contributed by atoms with E-state index < -0.39 is 0 Å². The first-order valence-electron chi connectivity index (χ1n) is 8.11. The number of fused-ring (bicyclic) bond motifs is 1. The molecule has 1 N–H and O–H groups in total. The van der Waals surface area contributed by atoms with Crippen molar-refractivity contribution in [3.8, 4) is 22.9 Å². The molecule has 1 amide bonds. The Morgan fingerprint density at radius 1 is 1.15 bits per heavy atom. The van der Waals surface area contributed by atoms with Crippen LogP contribution in [0, 0.1) is 0 Å². The summed E-state index contributed by atoms with van der Waals surface area (Å²) in [5.74, 6) is 0.873. The molecule has 0 aliphatic heterocycles. The minimum Gasteiger partial charge on any atom is -0.495 e. The number of carbonyl (C=O) groups is 1. The van der Waals surface area contributed by atoms with E-state index in [0.717, 1.165) is 5.56 Å². The van der Waals surface area contributed by atoms with Crippen LogP contribution in [0.1, 0.15) is 10.6 Å². The molecule has 0 aliphatic rings. The van der Waals surface area contributed by atoms with Crippen molar-refractivity contribution in [2.24, 2.45) is 0 Å². The van der Waals surface area contributed by atoms with Crippen LogP contribution in [0.25, 0.3) is 16.9 Å². The fraction of sp³-hybridized carbons (Fsp3) is 0.105. The van der Waals surface area contributed by atoms with E-state index in [9.17, 15) is 4.79 Å². The fourth-order valence-electron chi connectivity index (χ4n) is 2.67. The summed E-state index contributed by atoms with van der Waals surface area (Å²) in [6.07, 6.45) is 3.23. The highest BCUT2D eigenvalue weighted by Gasteiger charge is 2.14. The Bertz CT molecular complexity index is 1100. The van der Waals surface area contributed by atoms with Crippen LogP contribution in [0.15, 0.2) is 59.3 Å². The van der Waals surface area contributed by atoms with Crippen molar-refractivity contribution in [3.05, 3.63) is 60.7 Å². The zero-order valence-corrected chi connectivity index (χ0v) is 14.7. The predicted octanol–water partition coefficient (Wildman–Crippen LogP) is 3.26. The molecular formula is C19H16N4O4. The van der Waals surface area contributed by atoms with Crippen LogP contribution in [-0.2, 0) is 0 Å². The van der Waals surface area contributed by atoms with Crippen molar-refractivity contribution in [2.45, 2.75) is 0 Å². The van der Waals surface area contributed by atoms with Crippen LogP contribution in [0.2, 0.25) is 0 Å². The predicted molar refractivity (Wildman–Crippen MR) is 98.2 cm³/mol. The van der Waals surface area contributed by atoms with Gasteiger partial charge in [0.2, 0.25) is 5.88 Å². The third kappa shape index (κ3) is 3.20. The molecule has 0 fully saturated rings. The highest BCUT2D eigenvalue weighted by molar-refractivity contribution is 6.03. The Morgan fingerprint density at radius 3 is 2.78 bits per heavy atom. The van der Waals surface area contributed by atoms with E-state index in [1.54, 1.807) is 55.3 Å². The topological polar surface area (TPSA) is 90.9 Å². The third-order valence-corrected chi connectivity index (χ3v) is 3.99. The second-order valence-corrected chi connectivity index (χ2v) is 5.65. The number of nitrogens with zero attached hydrogens (tertiary/aromatic N) is 3. The third-order valence-electron chi connectivity index (χ3n) is 3.99. The van der Waals surface area contributed by atoms with E-state index in [-0.39, 0.29) is 11.7 Å². The number of aromatic nitrogens is 3. The van der Waals surface area contributed by atoms with E-state index >= 15 is 0 Å². The van der Waals surface area contributed by atoms with Gasteiger partial charge in [-0.25, -0.2) is 9.50 Å². The fourth-order valence-corrected chi connectivity index (χ4v) is 2.67. The van der Waals surface area contributed by atoms with Crippen molar-refractivity contribution in [2.75, 3.05) is 19.5 Å². The van der Waals surface area contributed by atoms with Gasteiger partial charge in [0, 0.05) is 11.6 Å². The van der Waals surface area contributed by atoms with E-state index in [1.165, 1.54) is 6.26 Å². The number of nitrogens with one attached hydrogen (secondary N) is 1. The standard InChI is InChI=1S/C19H16N4O4/c1-25-15-6-5-12(10-13(15)21-19(24)16-4-3-9-27-16)14-11-23-17(20-14)7-8-18(22-23)26-2/h3-11H,1-2H3,(H,21,24). The lowest BCUT2D eigenvalue weighted by molar-refractivity contribution is 0.0996. The van der Waals surface area contributed by atoms with Gasteiger partial charge in [-0.1, -0.05) is 0 Å². The smallest absolute Gasteiger partial charge is 0.291 e. The molecule has 27 heavy (non-hydrogen) atoms. The number of benzene rings is 1. The molecule has 3 heterocycles. The summed E-state index contributed by atoms with van der Waals surface area (Å²) in [4.78, 5) is 16.9. The Kier molecular flexibility index (Phi) is 4.21. The molecule has 0 radical (unpaired) electrons. The second kappa shape index (κ2) is 6.83. The van der Waals surface area contributed by atoms with Crippen molar-refractivity contribution in [3.63, 3.8) is 0 Å². The quantitative estimate of drug-likeness (QED) is 0.584. The summed E-state index contributed by atoms with van der Waals surface area (Å²) in [6, 6.07) is 12.2. The molecule has 8 nitrogen and oxygen atoms in total. The molecule has 4 aromatic rings. The van der Waals surface area contributed by atoms with Gasteiger partial charge in [-0.15, -0.1) is 5.10 Å². The highest BCUT2D eigenvalue weighted by atomic mass is 16.5. The first-order valence-corrected chi connectivity index (χ1v) is 8.11. The van der Waals surface area contributed by atoms with Crippen LogP contribution in [0.4, 0.5) is 5.69 Å². The molecule has 0 bridgehead atoms. The van der Waals surface area contributed by atoms with Gasteiger partial charge < -0.3 is 19.2 Å². The van der Waals surface area contributed by atoms with Crippen molar-refractivity contribution in [1.29, 1.82) is 0 Å². The monoisotopic (exact) mass is 364 g/mol. The highest BCUT2D eigenvalue weighted by Crippen LogP contribution is 2.31. The molecule has 8 heteroatoms. The van der Waals surface area contributed by atoms with Crippen molar-refractivity contribution < 1.29 is 18.7 Å². The second-order valence-electron chi connectivity index (χ2n) is 5.65. The number of methoxy groups -OCH3 is 2. The summed E-state index contributed by atoms with van der Waals surface area (Å²) in [6.45, 7) is 0. The van der Waals surface area contributed by atoms with Gasteiger partial charge in [0.25, 0.3) is 5.91 Å². The first kappa shape index (κ1) is 16.6. The maximum atomic E-state index is 12.3. The summed E-state index contributed by atoms with van der Waals surface area (Å²) in [5, 5.41) is 7.10.